The van der Waals surface area contributed by atoms with Crippen LogP contribution in [0.25, 0.3) is 17.2 Å². The Hall–Kier alpha value is -3.53. The van der Waals surface area contributed by atoms with E-state index in [9.17, 15) is 4.79 Å². The lowest BCUT2D eigenvalue weighted by atomic mass is 9.94. The molecule has 3 aromatic carbocycles. The van der Waals surface area contributed by atoms with E-state index in [0.717, 1.165) is 27.8 Å². The van der Waals surface area contributed by atoms with E-state index in [-0.39, 0.29) is 12.7 Å². The van der Waals surface area contributed by atoms with E-state index in [1.165, 1.54) is 5.56 Å². The molecule has 0 saturated carbocycles. The number of benzene rings is 3. The lowest BCUT2D eigenvalue weighted by molar-refractivity contribution is 0.0955. The number of ether oxygens (including phenoxy) is 2. The molecule has 29 heavy (non-hydrogen) atoms. The lowest BCUT2D eigenvalue weighted by Crippen LogP contribution is -2.26. The molecule has 1 aliphatic rings. The Morgan fingerprint density at radius 3 is 2.45 bits per heavy atom. The Morgan fingerprint density at radius 2 is 1.72 bits per heavy atom. The second kappa shape index (κ2) is 8.65. The van der Waals surface area contributed by atoms with E-state index in [4.69, 9.17) is 9.47 Å². The number of fused-ring (bicyclic) bond motifs is 1. The molecule has 0 spiro atoms. The van der Waals surface area contributed by atoms with E-state index in [1.54, 1.807) is 18.3 Å². The molecule has 0 atom stereocenters. The summed E-state index contributed by atoms with van der Waals surface area (Å²) >= 11 is 0. The van der Waals surface area contributed by atoms with Crippen LogP contribution in [0, 0.1) is 0 Å². The van der Waals surface area contributed by atoms with Crippen LogP contribution in [0.1, 0.15) is 22.3 Å². The highest BCUT2D eigenvalue weighted by molar-refractivity contribution is 5.76. The van der Waals surface area contributed by atoms with Crippen molar-refractivity contribution in [1.82, 2.24) is 4.90 Å². The van der Waals surface area contributed by atoms with Crippen LogP contribution in [-0.2, 0) is 29.2 Å². The van der Waals surface area contributed by atoms with Crippen molar-refractivity contribution in [2.45, 2.75) is 19.7 Å². The largest absolute Gasteiger partial charge is 0.504 e. The van der Waals surface area contributed by atoms with Gasteiger partial charge in [0.05, 0.1) is 19.9 Å². The van der Waals surface area contributed by atoms with E-state index in [2.05, 4.69) is 24.3 Å². The van der Waals surface area contributed by atoms with Crippen LogP contribution in [0.4, 0.5) is 4.79 Å². The van der Waals surface area contributed by atoms with Gasteiger partial charge in [0, 0.05) is 6.54 Å². The van der Waals surface area contributed by atoms with Gasteiger partial charge in [0.25, 0.3) is 0 Å². The van der Waals surface area contributed by atoms with E-state index < -0.39 is 0 Å². The third-order valence-corrected chi connectivity index (χ3v) is 5.02. The minimum atomic E-state index is -0.293. The molecule has 3 aromatic rings. The van der Waals surface area contributed by atoms with E-state index in [1.807, 2.05) is 54.6 Å². The summed E-state index contributed by atoms with van der Waals surface area (Å²) in [6, 6.07) is 24.2. The summed E-state index contributed by atoms with van der Waals surface area (Å²) in [6.45, 7) is 1.36. The molecule has 0 aromatic heterocycles. The quantitative estimate of drug-likeness (QED) is 0.535. The fourth-order valence-electron chi connectivity index (χ4n) is 3.59. The van der Waals surface area contributed by atoms with Gasteiger partial charge in [0.1, 0.15) is 6.61 Å². The predicted molar refractivity (Wildman–Crippen MR) is 114 cm³/mol. The average molecular weight is 385 g/mol. The van der Waals surface area contributed by atoms with E-state index in [0.29, 0.717) is 13.1 Å². The van der Waals surface area contributed by atoms with Gasteiger partial charge in [-0.1, -0.05) is 60.7 Å². The fourth-order valence-corrected chi connectivity index (χ4v) is 3.59. The summed E-state index contributed by atoms with van der Waals surface area (Å²) in [5.74, 6) is 0. The molecule has 0 unspecified atom stereocenters. The zero-order chi connectivity index (χ0) is 20.1. The zero-order valence-electron chi connectivity index (χ0n) is 16.4. The zero-order valence-corrected chi connectivity index (χ0v) is 16.4. The summed E-state index contributed by atoms with van der Waals surface area (Å²) in [5.41, 5.74) is 6.60. The molecule has 1 aliphatic heterocycles. The molecule has 0 bridgehead atoms. The Labute approximate surface area is 171 Å². The van der Waals surface area contributed by atoms with Gasteiger partial charge in [0.2, 0.25) is 0 Å². The fraction of sp³-hybridized carbons (Fsp3) is 0.160. The highest BCUT2D eigenvalue weighted by Crippen LogP contribution is 2.34. The first-order valence-electron chi connectivity index (χ1n) is 9.61. The van der Waals surface area contributed by atoms with Crippen LogP contribution in [0.3, 0.4) is 0 Å². The maximum atomic E-state index is 12.7. The standard InChI is InChI=1S/C25H23NO3/c1-28-13-12-20-14-22-16-26(25(27)29-18-19-8-4-2-5-9-19)17-24(22)23(15-20)21-10-6-3-7-11-21/h2-15H,16-18H2,1H3. The van der Waals surface area contributed by atoms with Crippen LogP contribution in [0.5, 0.6) is 0 Å². The highest BCUT2D eigenvalue weighted by Gasteiger charge is 2.27. The van der Waals surface area contributed by atoms with Gasteiger partial charge in [-0.25, -0.2) is 4.79 Å². The average Bonchev–Trinajstić information content (AvgIpc) is 3.21. The van der Waals surface area contributed by atoms with Crippen LogP contribution in [0.15, 0.2) is 79.1 Å². The number of carbonyl (C=O) groups excluding carboxylic acids is 1. The molecular formula is C25H23NO3. The Kier molecular flexibility index (Phi) is 5.61. The van der Waals surface area contributed by atoms with Crippen molar-refractivity contribution >= 4 is 12.2 Å². The third-order valence-electron chi connectivity index (χ3n) is 5.02. The molecule has 1 heterocycles. The first-order chi connectivity index (χ1) is 14.2. The van der Waals surface area contributed by atoms with Gasteiger partial charge in [-0.2, -0.15) is 0 Å². The van der Waals surface area contributed by atoms with Gasteiger partial charge in [0.15, 0.2) is 0 Å². The smallest absolute Gasteiger partial charge is 0.410 e. The lowest BCUT2D eigenvalue weighted by Gasteiger charge is -2.15. The molecule has 1 amide bonds. The van der Waals surface area contributed by atoms with Crippen molar-refractivity contribution in [3.8, 4) is 11.1 Å². The molecule has 0 radical (unpaired) electrons. The molecular weight excluding hydrogens is 362 g/mol. The maximum absolute atomic E-state index is 12.7. The molecule has 0 saturated heterocycles. The normalized spacial score (nSPS) is 12.8. The number of hydrogen-bond acceptors (Lipinski definition) is 3. The SMILES string of the molecule is COC=Cc1cc2c(c(-c3ccccc3)c1)CN(C(=O)OCc1ccccc1)C2. The summed E-state index contributed by atoms with van der Waals surface area (Å²) in [4.78, 5) is 14.4. The maximum Gasteiger partial charge on any atom is 0.410 e. The van der Waals surface area contributed by atoms with Crippen molar-refractivity contribution in [3.05, 3.63) is 101 Å². The van der Waals surface area contributed by atoms with Gasteiger partial charge in [-0.15, -0.1) is 0 Å². The number of methoxy groups -OCH3 is 1. The molecule has 0 aliphatic carbocycles. The van der Waals surface area contributed by atoms with E-state index >= 15 is 0 Å². The highest BCUT2D eigenvalue weighted by atomic mass is 16.6. The molecule has 146 valence electrons. The van der Waals surface area contributed by atoms with Crippen LogP contribution in [-0.4, -0.2) is 18.1 Å². The van der Waals surface area contributed by atoms with Crippen molar-refractivity contribution in [2.24, 2.45) is 0 Å². The van der Waals surface area contributed by atoms with Gasteiger partial charge < -0.3 is 9.47 Å². The first kappa shape index (κ1) is 18.8. The Balaban J connectivity index is 1.57. The summed E-state index contributed by atoms with van der Waals surface area (Å²) in [7, 11) is 1.63. The second-order valence-corrected chi connectivity index (χ2v) is 7.01. The number of rotatable bonds is 5. The minimum Gasteiger partial charge on any atom is -0.504 e. The molecule has 0 fully saturated rings. The van der Waals surface area contributed by atoms with Crippen LogP contribution >= 0.6 is 0 Å². The second-order valence-electron chi connectivity index (χ2n) is 7.01. The minimum absolute atomic E-state index is 0.278. The number of hydrogen-bond donors (Lipinski definition) is 0. The number of amides is 1. The Morgan fingerprint density at radius 1 is 1.00 bits per heavy atom. The van der Waals surface area contributed by atoms with Crippen molar-refractivity contribution in [2.75, 3.05) is 7.11 Å². The number of nitrogens with zero attached hydrogens (tertiary/aromatic N) is 1. The van der Waals surface area contributed by atoms with Gasteiger partial charge >= 0.3 is 6.09 Å². The van der Waals surface area contributed by atoms with Crippen LogP contribution in [0.2, 0.25) is 0 Å². The summed E-state index contributed by atoms with van der Waals surface area (Å²) in [5, 5.41) is 0. The molecule has 4 heteroatoms. The topological polar surface area (TPSA) is 38.8 Å². The molecule has 4 nitrogen and oxygen atoms in total. The third kappa shape index (κ3) is 4.32. The summed E-state index contributed by atoms with van der Waals surface area (Å²) in [6.07, 6.45) is 3.30. The molecule has 0 N–H and O–H groups in total. The first-order valence-corrected chi connectivity index (χ1v) is 9.61. The summed E-state index contributed by atoms with van der Waals surface area (Å²) < 4.78 is 10.6. The van der Waals surface area contributed by atoms with Crippen molar-refractivity contribution in [3.63, 3.8) is 0 Å². The van der Waals surface area contributed by atoms with Gasteiger partial charge in [-0.05, 0) is 51.6 Å². The van der Waals surface area contributed by atoms with Gasteiger partial charge in [-0.3, -0.25) is 4.90 Å². The monoisotopic (exact) mass is 385 g/mol. The predicted octanol–water partition coefficient (Wildman–Crippen LogP) is 5.62. The van der Waals surface area contributed by atoms with Crippen LogP contribution < -0.4 is 0 Å². The molecule has 4 rings (SSSR count). The van der Waals surface area contributed by atoms with Crippen molar-refractivity contribution in [1.29, 1.82) is 0 Å². The Bertz CT molecular complexity index is 1010. The van der Waals surface area contributed by atoms with Crippen molar-refractivity contribution < 1.29 is 14.3 Å². The number of carbonyl (C=O) groups is 1.